The van der Waals surface area contributed by atoms with E-state index in [0.29, 0.717) is 10.8 Å². The Morgan fingerprint density at radius 1 is 0.636 bits per heavy atom. The lowest BCUT2D eigenvalue weighted by atomic mass is 9.95. The van der Waals surface area contributed by atoms with E-state index in [-0.39, 0.29) is 11.1 Å². The van der Waals surface area contributed by atoms with Crippen molar-refractivity contribution < 1.29 is 0 Å². The Morgan fingerprint density at radius 3 is 1.61 bits per heavy atom. The fourth-order valence-electron chi connectivity index (χ4n) is 8.01. The van der Waals surface area contributed by atoms with Gasteiger partial charge in [-0.3, -0.25) is 9.59 Å². The van der Waals surface area contributed by atoms with Gasteiger partial charge < -0.3 is 0 Å². The number of aromatic nitrogens is 1. The summed E-state index contributed by atoms with van der Waals surface area (Å²) in [5.41, 5.74) is 1.49. The molecule has 8 rings (SSSR count). The number of hydrogen-bond acceptors (Lipinski definition) is 2. The molecule has 0 radical (unpaired) electrons. The summed E-state index contributed by atoms with van der Waals surface area (Å²) >= 11 is 2.31. The quantitative estimate of drug-likeness (QED) is 0.0978. The van der Waals surface area contributed by atoms with Gasteiger partial charge >= 0.3 is 0 Å². The van der Waals surface area contributed by atoms with Gasteiger partial charge in [-0.2, -0.15) is 0 Å². The van der Waals surface area contributed by atoms with Crippen LogP contribution in [0.25, 0.3) is 70.3 Å². The van der Waals surface area contributed by atoms with E-state index in [0.717, 1.165) is 44.9 Å². The van der Waals surface area contributed by atoms with Crippen molar-refractivity contribution in [3.8, 4) is 5.69 Å². The number of halogens is 1. The van der Waals surface area contributed by atoms with Crippen LogP contribution in [0.4, 0.5) is 0 Å². The van der Waals surface area contributed by atoms with E-state index < -0.39 is 16.1 Å². The van der Waals surface area contributed by atoms with Crippen molar-refractivity contribution in [3.63, 3.8) is 0 Å². The fourth-order valence-corrected chi connectivity index (χ4v) is 12.0. The van der Waals surface area contributed by atoms with Crippen LogP contribution >= 0.6 is 22.6 Å². The molecule has 3 nitrogen and oxygen atoms in total. The molecule has 0 aliphatic rings. The number of aryl methyl sites for hydroxylation is 1. The van der Waals surface area contributed by atoms with E-state index in [2.05, 4.69) is 111 Å². The first-order chi connectivity index (χ1) is 20.8. The molecule has 0 saturated heterocycles. The van der Waals surface area contributed by atoms with Crippen LogP contribution in [-0.2, 0) is 6.42 Å². The summed E-state index contributed by atoms with van der Waals surface area (Å²) in [6.45, 7) is 16.5. The number of unbranched alkanes of at least 4 members (excludes halogenated alkanes) is 1. The van der Waals surface area contributed by atoms with E-state index >= 15 is 0 Å². The van der Waals surface area contributed by atoms with Crippen LogP contribution in [0.1, 0.15) is 25.3 Å². The molecule has 0 spiro atoms. The highest BCUT2D eigenvalue weighted by atomic mass is 127. The van der Waals surface area contributed by atoms with Crippen LogP contribution in [-0.4, -0.2) is 20.7 Å². The maximum Gasteiger partial charge on any atom is 0.266 e. The van der Waals surface area contributed by atoms with Gasteiger partial charge in [0.05, 0.1) is 32.6 Å². The SMILES string of the molecule is CCCCc1cccc(I)c1-n1c(=O)c2c3cc([Si](C)(C)C)c4ccc5ccc6c([Si](C)(C)C)cc(c2c1=O)c1c6c5c4c31. The third-order valence-electron chi connectivity index (χ3n) is 9.97. The first-order valence-corrected chi connectivity index (χ1v) is 23.9. The molecule has 0 atom stereocenters. The summed E-state index contributed by atoms with van der Waals surface area (Å²) in [6, 6.07) is 20.0. The Kier molecular flexibility index (Phi) is 5.96. The first kappa shape index (κ1) is 28.4. The molecule has 8 aromatic rings. The summed E-state index contributed by atoms with van der Waals surface area (Å²) in [5, 5.41) is 15.9. The summed E-state index contributed by atoms with van der Waals surface area (Å²) in [5.74, 6) is 0. The van der Waals surface area contributed by atoms with Crippen LogP contribution in [0.5, 0.6) is 0 Å². The lowest BCUT2D eigenvalue weighted by molar-refractivity contribution is 0.785. The van der Waals surface area contributed by atoms with Crippen LogP contribution < -0.4 is 21.5 Å². The van der Waals surface area contributed by atoms with Crippen LogP contribution in [0, 0.1) is 3.57 Å². The predicted octanol–water partition coefficient (Wildman–Crippen LogP) is 8.91. The molecule has 0 aliphatic carbocycles. The highest BCUT2D eigenvalue weighted by Crippen LogP contribution is 2.49. The standard InChI is InChI=1S/C38H36INO2Si2/c1-8-9-11-21-12-10-13-26(39)36(21)40-37(41)34-24-18-27(43(2,3)4)22-16-14-20-15-17-23-28(44(5,6)7)19-25(35(34)38(40)42)33-31(23)29(20)30(22)32(24)33/h10,12-19H,8-9,11H2,1-7H3. The van der Waals surface area contributed by atoms with Gasteiger partial charge in [0.2, 0.25) is 0 Å². The van der Waals surface area contributed by atoms with Crippen molar-refractivity contribution in [1.29, 1.82) is 0 Å². The van der Waals surface area contributed by atoms with Crippen molar-refractivity contribution in [2.75, 3.05) is 0 Å². The lowest BCUT2D eigenvalue weighted by Crippen LogP contribution is -2.38. The smallest absolute Gasteiger partial charge is 0.266 e. The Labute approximate surface area is 272 Å². The van der Waals surface area contributed by atoms with Crippen molar-refractivity contribution in [1.82, 2.24) is 4.57 Å². The molecule has 44 heavy (non-hydrogen) atoms. The van der Waals surface area contributed by atoms with Crippen LogP contribution in [0.2, 0.25) is 39.3 Å². The van der Waals surface area contributed by atoms with Crippen molar-refractivity contribution in [2.24, 2.45) is 0 Å². The maximum absolute atomic E-state index is 14.9. The minimum atomic E-state index is -1.84. The second kappa shape index (κ2) is 9.24. The van der Waals surface area contributed by atoms with E-state index in [1.165, 1.54) is 58.0 Å². The number of hydrogen-bond donors (Lipinski definition) is 0. The van der Waals surface area contributed by atoms with Crippen LogP contribution in [0.3, 0.4) is 0 Å². The van der Waals surface area contributed by atoms with Gasteiger partial charge in [-0.15, -0.1) is 0 Å². The van der Waals surface area contributed by atoms with E-state index in [4.69, 9.17) is 0 Å². The molecular weight excluding hydrogens is 685 g/mol. The second-order valence-corrected chi connectivity index (χ2v) is 26.1. The Bertz CT molecular complexity index is 2410. The average Bonchev–Trinajstić information content (AvgIpc) is 3.45. The predicted molar refractivity (Wildman–Crippen MR) is 205 cm³/mol. The zero-order valence-electron chi connectivity index (χ0n) is 26.5. The number of benzene rings is 6. The molecule has 0 aliphatic heterocycles. The Hall–Kier alpha value is -3.08. The highest BCUT2D eigenvalue weighted by molar-refractivity contribution is 14.1. The molecule has 6 heteroatoms. The fraction of sp³-hybridized carbons (Fsp3) is 0.263. The Balaban J connectivity index is 1.70. The van der Waals surface area contributed by atoms with Gasteiger partial charge in [0.15, 0.2) is 0 Å². The molecule has 0 unspecified atom stereocenters. The minimum Gasteiger partial charge on any atom is -0.268 e. The van der Waals surface area contributed by atoms with Gasteiger partial charge in [0.25, 0.3) is 11.1 Å². The zero-order valence-corrected chi connectivity index (χ0v) is 30.6. The molecule has 7 aromatic carbocycles. The van der Waals surface area contributed by atoms with Crippen molar-refractivity contribution in [2.45, 2.75) is 65.5 Å². The number of nitrogens with zero attached hydrogens (tertiary/aromatic N) is 1. The monoisotopic (exact) mass is 721 g/mol. The van der Waals surface area contributed by atoms with Crippen LogP contribution in [0.15, 0.2) is 64.2 Å². The van der Waals surface area contributed by atoms with Gasteiger partial charge in [0.1, 0.15) is 0 Å². The maximum atomic E-state index is 14.9. The van der Waals surface area contributed by atoms with E-state index in [1.54, 1.807) is 0 Å². The molecule has 0 fully saturated rings. The van der Waals surface area contributed by atoms with Gasteiger partial charge in [-0.1, -0.05) is 112 Å². The molecule has 220 valence electrons. The highest BCUT2D eigenvalue weighted by Gasteiger charge is 2.33. The second-order valence-electron chi connectivity index (χ2n) is 14.8. The molecule has 0 bridgehead atoms. The molecule has 0 N–H and O–H groups in total. The molecular formula is C38H36INO2Si2. The summed E-state index contributed by atoms with van der Waals surface area (Å²) in [7, 11) is -3.68. The summed E-state index contributed by atoms with van der Waals surface area (Å²) in [6.07, 6.45) is 2.91. The summed E-state index contributed by atoms with van der Waals surface area (Å²) < 4.78 is 2.47. The number of rotatable bonds is 6. The van der Waals surface area contributed by atoms with Gasteiger partial charge in [-0.05, 0) is 101 Å². The molecule has 0 saturated carbocycles. The zero-order chi connectivity index (χ0) is 31.0. The minimum absolute atomic E-state index is 0.174. The largest absolute Gasteiger partial charge is 0.268 e. The topological polar surface area (TPSA) is 39.1 Å². The lowest BCUT2D eigenvalue weighted by Gasteiger charge is -2.21. The molecule has 1 aromatic heterocycles. The third kappa shape index (κ3) is 3.59. The first-order valence-electron chi connectivity index (χ1n) is 15.8. The average molecular weight is 722 g/mol. The van der Waals surface area contributed by atoms with Crippen molar-refractivity contribution >= 4 is 114 Å². The van der Waals surface area contributed by atoms with Gasteiger partial charge in [0, 0.05) is 3.57 Å². The van der Waals surface area contributed by atoms with Crippen molar-refractivity contribution in [3.05, 3.63) is 84.4 Å². The van der Waals surface area contributed by atoms with Gasteiger partial charge in [-0.25, -0.2) is 4.57 Å². The number of fused-ring (bicyclic) bond motifs is 3. The van der Waals surface area contributed by atoms with E-state index in [9.17, 15) is 9.59 Å². The molecule has 1 heterocycles. The normalized spacial score (nSPS) is 13.5. The Morgan fingerprint density at radius 2 is 1.14 bits per heavy atom. The third-order valence-corrected chi connectivity index (χ3v) is 14.9. The number of para-hydroxylation sites is 1. The summed E-state index contributed by atoms with van der Waals surface area (Å²) in [4.78, 5) is 29.8. The van der Waals surface area contributed by atoms with E-state index in [1.807, 2.05) is 12.1 Å². The molecule has 0 amide bonds.